The van der Waals surface area contributed by atoms with Crippen molar-refractivity contribution < 1.29 is 33.3 Å². The van der Waals surface area contributed by atoms with Crippen LogP contribution in [-0.4, -0.2) is 44.4 Å². The summed E-state index contributed by atoms with van der Waals surface area (Å²) in [6.07, 6.45) is 1.40. The highest BCUT2D eigenvalue weighted by atomic mass is 79.9. The SMILES string of the molecule is CCOC(=O)C1=C(C)NC(=O)N[C@@H]1c1ccc(OCC(=O)N/N=C/c2cc(Cl)cc(Br)c2OCc2ccccc2Cl)c(OC)c1. The molecule has 1 aliphatic rings. The molecular formula is C31H29BrCl2N4O7. The molecule has 45 heavy (non-hydrogen) atoms. The molecule has 0 fully saturated rings. The number of hydrogen-bond acceptors (Lipinski definition) is 8. The lowest BCUT2D eigenvalue weighted by Crippen LogP contribution is -2.45. The number of halogens is 3. The van der Waals surface area contributed by atoms with E-state index in [1.165, 1.54) is 13.3 Å². The Kier molecular flexibility index (Phi) is 11.7. The van der Waals surface area contributed by atoms with Crippen molar-refractivity contribution in [2.75, 3.05) is 20.3 Å². The predicted octanol–water partition coefficient (Wildman–Crippen LogP) is 6.06. The van der Waals surface area contributed by atoms with Crippen LogP contribution in [0, 0.1) is 0 Å². The summed E-state index contributed by atoms with van der Waals surface area (Å²) in [5.41, 5.74) is 4.90. The van der Waals surface area contributed by atoms with Crippen LogP contribution in [0.1, 0.15) is 36.6 Å². The van der Waals surface area contributed by atoms with E-state index in [2.05, 4.69) is 37.1 Å². The molecule has 0 bridgehead atoms. The first-order valence-corrected chi connectivity index (χ1v) is 15.1. The summed E-state index contributed by atoms with van der Waals surface area (Å²) < 4.78 is 22.9. The lowest BCUT2D eigenvalue weighted by atomic mass is 9.95. The summed E-state index contributed by atoms with van der Waals surface area (Å²) in [5.74, 6) is -0.117. The van der Waals surface area contributed by atoms with Crippen LogP contribution in [-0.2, 0) is 20.9 Å². The van der Waals surface area contributed by atoms with E-state index in [1.54, 1.807) is 50.2 Å². The minimum Gasteiger partial charge on any atom is -0.493 e. The van der Waals surface area contributed by atoms with Gasteiger partial charge in [-0.3, -0.25) is 4.79 Å². The minimum absolute atomic E-state index is 0.174. The first-order valence-electron chi connectivity index (χ1n) is 13.5. The molecule has 3 aromatic carbocycles. The number of hydrazone groups is 1. The average Bonchev–Trinajstić information content (AvgIpc) is 3.00. The molecule has 0 saturated carbocycles. The van der Waals surface area contributed by atoms with Crippen LogP contribution in [0.5, 0.6) is 17.2 Å². The van der Waals surface area contributed by atoms with E-state index < -0.39 is 23.9 Å². The molecule has 3 N–H and O–H groups in total. The van der Waals surface area contributed by atoms with Crippen molar-refractivity contribution in [1.29, 1.82) is 0 Å². The van der Waals surface area contributed by atoms with Gasteiger partial charge in [0.2, 0.25) is 0 Å². The lowest BCUT2D eigenvalue weighted by Gasteiger charge is -2.28. The Morgan fingerprint density at radius 3 is 2.60 bits per heavy atom. The number of esters is 1. The van der Waals surface area contributed by atoms with Gasteiger partial charge in [0.1, 0.15) is 12.4 Å². The number of nitrogens with one attached hydrogen (secondary N) is 3. The number of nitrogens with zero attached hydrogens (tertiary/aromatic N) is 1. The fraction of sp³-hybridized carbons (Fsp3) is 0.226. The number of allylic oxidation sites excluding steroid dienone is 1. The number of urea groups is 1. The average molecular weight is 720 g/mol. The molecule has 4 rings (SSSR count). The van der Waals surface area contributed by atoms with Crippen molar-refractivity contribution in [2.45, 2.75) is 26.5 Å². The molecule has 14 heteroatoms. The number of methoxy groups -OCH3 is 1. The molecule has 1 atom stereocenters. The maximum atomic E-state index is 12.6. The van der Waals surface area contributed by atoms with Crippen LogP contribution in [0.15, 0.2) is 75.4 Å². The van der Waals surface area contributed by atoms with Gasteiger partial charge < -0.3 is 29.6 Å². The Morgan fingerprint density at radius 2 is 1.87 bits per heavy atom. The largest absolute Gasteiger partial charge is 0.493 e. The Hall–Kier alpha value is -4.26. The number of carbonyl (C=O) groups is 3. The van der Waals surface area contributed by atoms with Crippen LogP contribution in [0.4, 0.5) is 4.79 Å². The zero-order valence-electron chi connectivity index (χ0n) is 24.4. The normalized spacial score (nSPS) is 14.4. The van der Waals surface area contributed by atoms with Crippen LogP contribution in [0.2, 0.25) is 10.0 Å². The minimum atomic E-state index is -0.788. The third kappa shape index (κ3) is 8.68. The molecule has 236 valence electrons. The van der Waals surface area contributed by atoms with Crippen molar-refractivity contribution in [1.82, 2.24) is 16.1 Å². The van der Waals surface area contributed by atoms with Crippen LogP contribution >= 0.6 is 39.1 Å². The molecule has 0 aromatic heterocycles. The number of benzene rings is 3. The van der Waals surface area contributed by atoms with E-state index in [0.717, 1.165) is 5.56 Å². The van der Waals surface area contributed by atoms with E-state index in [9.17, 15) is 14.4 Å². The van der Waals surface area contributed by atoms with Crippen LogP contribution in [0.3, 0.4) is 0 Å². The second-order valence-corrected chi connectivity index (χ2v) is 11.2. The third-order valence-corrected chi connectivity index (χ3v) is 7.58. The molecule has 0 saturated heterocycles. The number of ether oxygens (including phenoxy) is 4. The maximum absolute atomic E-state index is 12.6. The second-order valence-electron chi connectivity index (χ2n) is 9.47. The summed E-state index contributed by atoms with van der Waals surface area (Å²) in [5, 5.41) is 10.3. The molecule has 1 aliphatic heterocycles. The molecule has 0 unspecified atom stereocenters. The molecule has 0 spiro atoms. The van der Waals surface area contributed by atoms with Gasteiger partial charge >= 0.3 is 12.0 Å². The van der Waals surface area contributed by atoms with Gasteiger partial charge in [0.05, 0.1) is 36.0 Å². The van der Waals surface area contributed by atoms with Gasteiger partial charge in [0, 0.05) is 26.9 Å². The molecule has 3 aromatic rings. The molecule has 0 radical (unpaired) electrons. The second kappa shape index (κ2) is 15.6. The first kappa shape index (κ1) is 33.6. The highest BCUT2D eigenvalue weighted by molar-refractivity contribution is 9.10. The van der Waals surface area contributed by atoms with E-state index >= 15 is 0 Å². The first-order chi connectivity index (χ1) is 21.6. The van der Waals surface area contributed by atoms with Gasteiger partial charge in [-0.1, -0.05) is 47.5 Å². The fourth-order valence-electron chi connectivity index (χ4n) is 4.35. The maximum Gasteiger partial charge on any atom is 0.338 e. The highest BCUT2D eigenvalue weighted by Crippen LogP contribution is 2.35. The van der Waals surface area contributed by atoms with Gasteiger partial charge in [-0.25, -0.2) is 15.0 Å². The summed E-state index contributed by atoms with van der Waals surface area (Å²) in [4.78, 5) is 37.4. The molecule has 3 amide bonds. The zero-order chi connectivity index (χ0) is 32.5. The van der Waals surface area contributed by atoms with E-state index in [4.69, 9.17) is 42.1 Å². The highest BCUT2D eigenvalue weighted by Gasteiger charge is 2.32. The fourth-order valence-corrected chi connectivity index (χ4v) is 5.49. The number of hydrogen-bond donors (Lipinski definition) is 3. The van der Waals surface area contributed by atoms with Gasteiger partial charge in [-0.05, 0) is 65.7 Å². The summed E-state index contributed by atoms with van der Waals surface area (Å²) in [6.45, 7) is 3.30. The molecular weight excluding hydrogens is 691 g/mol. The predicted molar refractivity (Wildman–Crippen MR) is 173 cm³/mol. The van der Waals surface area contributed by atoms with Crippen molar-refractivity contribution in [3.8, 4) is 17.2 Å². The Balaban J connectivity index is 1.42. The van der Waals surface area contributed by atoms with Gasteiger partial charge in [-0.15, -0.1) is 0 Å². The number of carbonyl (C=O) groups excluding carboxylic acids is 3. The van der Waals surface area contributed by atoms with Gasteiger partial charge in [0.15, 0.2) is 18.1 Å². The molecule has 11 nitrogen and oxygen atoms in total. The number of amides is 3. The Labute approximate surface area is 278 Å². The zero-order valence-corrected chi connectivity index (χ0v) is 27.5. The van der Waals surface area contributed by atoms with Crippen molar-refractivity contribution in [2.24, 2.45) is 5.10 Å². The van der Waals surface area contributed by atoms with Crippen molar-refractivity contribution in [3.05, 3.63) is 97.1 Å². The number of rotatable bonds is 12. The van der Waals surface area contributed by atoms with Crippen LogP contribution in [0.25, 0.3) is 0 Å². The van der Waals surface area contributed by atoms with E-state index in [1.807, 2.05) is 18.2 Å². The summed E-state index contributed by atoms with van der Waals surface area (Å²) in [6, 6.07) is 14.2. The topological polar surface area (TPSA) is 137 Å². The molecule has 0 aliphatic carbocycles. The van der Waals surface area contributed by atoms with Crippen LogP contribution < -0.4 is 30.3 Å². The summed E-state index contributed by atoms with van der Waals surface area (Å²) >= 11 is 15.9. The van der Waals surface area contributed by atoms with Crippen molar-refractivity contribution >= 4 is 63.3 Å². The standard InChI is InChI=1S/C31H29BrCl2N4O7/c1-4-43-30(40)27-17(2)36-31(41)37-28(27)18-9-10-24(25(12-18)42-3)44-16-26(39)38-35-14-20-11-21(33)13-22(32)29(20)45-15-19-7-5-6-8-23(19)34/h5-14,28H,4,15-16H2,1-3H3,(H,38,39)(H2,36,37,41)/b35-14+/t28-/m1/s1. The molecule has 1 heterocycles. The van der Waals surface area contributed by atoms with Crippen molar-refractivity contribution in [3.63, 3.8) is 0 Å². The summed E-state index contributed by atoms with van der Waals surface area (Å²) in [7, 11) is 1.43. The Morgan fingerprint density at radius 1 is 1.09 bits per heavy atom. The quantitative estimate of drug-likeness (QED) is 0.118. The smallest absolute Gasteiger partial charge is 0.338 e. The monoisotopic (exact) mass is 718 g/mol. The lowest BCUT2D eigenvalue weighted by molar-refractivity contribution is -0.139. The van der Waals surface area contributed by atoms with Gasteiger partial charge in [-0.2, -0.15) is 5.10 Å². The van der Waals surface area contributed by atoms with Gasteiger partial charge in [0.25, 0.3) is 5.91 Å². The third-order valence-electron chi connectivity index (χ3n) is 6.40. The van der Waals surface area contributed by atoms with E-state index in [0.29, 0.717) is 37.1 Å². The Bertz CT molecular complexity index is 1660. The van der Waals surface area contributed by atoms with E-state index in [-0.39, 0.29) is 36.9 Å².